The van der Waals surface area contributed by atoms with Crippen molar-refractivity contribution in [1.29, 1.82) is 0 Å². The Bertz CT molecular complexity index is 557. The van der Waals surface area contributed by atoms with E-state index in [9.17, 15) is 22.8 Å². The molecule has 21 heavy (non-hydrogen) atoms. The van der Waals surface area contributed by atoms with Gasteiger partial charge in [0.15, 0.2) is 0 Å². The van der Waals surface area contributed by atoms with Gasteiger partial charge in [0.05, 0.1) is 12.2 Å². The van der Waals surface area contributed by atoms with Gasteiger partial charge in [-0.25, -0.2) is 0 Å². The summed E-state index contributed by atoms with van der Waals surface area (Å²) in [7, 11) is 0. The predicted molar refractivity (Wildman–Crippen MR) is 67.3 cm³/mol. The molecule has 1 amide bonds. The SMILES string of the molecule is CCOC(=O)C1C(=O)NCC1c1cccc(C(F)(F)F)c1. The monoisotopic (exact) mass is 301 g/mol. The van der Waals surface area contributed by atoms with Crippen molar-refractivity contribution >= 4 is 11.9 Å². The zero-order chi connectivity index (χ0) is 15.6. The van der Waals surface area contributed by atoms with Crippen LogP contribution in [0.1, 0.15) is 24.0 Å². The van der Waals surface area contributed by atoms with Crippen molar-refractivity contribution in [1.82, 2.24) is 5.32 Å². The van der Waals surface area contributed by atoms with Gasteiger partial charge < -0.3 is 10.1 Å². The molecular weight excluding hydrogens is 287 g/mol. The number of carbonyl (C=O) groups excluding carboxylic acids is 2. The number of amides is 1. The number of hydrogen-bond donors (Lipinski definition) is 1. The molecule has 0 radical (unpaired) electrons. The predicted octanol–water partition coefficient (Wildman–Crippen LogP) is 2.10. The third kappa shape index (κ3) is 3.17. The fourth-order valence-corrected chi connectivity index (χ4v) is 2.38. The number of benzene rings is 1. The van der Waals surface area contributed by atoms with Gasteiger partial charge in [-0.15, -0.1) is 0 Å². The summed E-state index contributed by atoms with van der Waals surface area (Å²) in [6, 6.07) is 4.67. The van der Waals surface area contributed by atoms with Gasteiger partial charge >= 0.3 is 12.1 Å². The maximum atomic E-state index is 12.7. The van der Waals surface area contributed by atoms with E-state index in [1.807, 2.05) is 0 Å². The van der Waals surface area contributed by atoms with Crippen molar-refractivity contribution in [2.24, 2.45) is 5.92 Å². The topological polar surface area (TPSA) is 55.4 Å². The van der Waals surface area contributed by atoms with Crippen LogP contribution in [-0.4, -0.2) is 25.0 Å². The molecule has 0 bridgehead atoms. The molecular formula is C14H14F3NO3. The normalized spacial score (nSPS) is 22.0. The van der Waals surface area contributed by atoms with Crippen LogP contribution < -0.4 is 5.32 Å². The van der Waals surface area contributed by atoms with E-state index in [0.717, 1.165) is 12.1 Å². The number of esters is 1. The van der Waals surface area contributed by atoms with E-state index in [0.29, 0.717) is 5.56 Å². The van der Waals surface area contributed by atoms with Crippen LogP contribution in [0.15, 0.2) is 24.3 Å². The van der Waals surface area contributed by atoms with Crippen LogP contribution >= 0.6 is 0 Å². The van der Waals surface area contributed by atoms with E-state index < -0.39 is 35.5 Å². The van der Waals surface area contributed by atoms with Crippen molar-refractivity contribution in [2.45, 2.75) is 19.0 Å². The number of hydrogen-bond acceptors (Lipinski definition) is 3. The van der Waals surface area contributed by atoms with E-state index >= 15 is 0 Å². The first-order valence-corrected chi connectivity index (χ1v) is 6.46. The van der Waals surface area contributed by atoms with Gasteiger partial charge in [0.25, 0.3) is 0 Å². The Morgan fingerprint density at radius 1 is 1.43 bits per heavy atom. The van der Waals surface area contributed by atoms with E-state index in [1.165, 1.54) is 12.1 Å². The zero-order valence-electron chi connectivity index (χ0n) is 11.2. The molecule has 0 aliphatic carbocycles. The molecule has 0 saturated carbocycles. The Morgan fingerprint density at radius 2 is 2.14 bits per heavy atom. The van der Waals surface area contributed by atoms with Crippen molar-refractivity contribution < 1.29 is 27.5 Å². The molecule has 2 rings (SSSR count). The highest BCUT2D eigenvalue weighted by Gasteiger charge is 2.42. The minimum absolute atomic E-state index is 0.109. The largest absolute Gasteiger partial charge is 0.465 e. The first-order chi connectivity index (χ1) is 9.84. The Kier molecular flexibility index (Phi) is 4.20. The summed E-state index contributed by atoms with van der Waals surface area (Å²) in [5.41, 5.74) is -0.511. The second kappa shape index (κ2) is 5.75. The standard InChI is InChI=1S/C14H14F3NO3/c1-2-21-13(20)11-10(7-18-12(11)19)8-4-3-5-9(6-8)14(15,16)17/h3-6,10-11H,2,7H2,1H3,(H,18,19). The van der Waals surface area contributed by atoms with Crippen LogP contribution in [0.5, 0.6) is 0 Å². The first-order valence-electron chi connectivity index (χ1n) is 6.46. The van der Waals surface area contributed by atoms with Crippen LogP contribution in [0.3, 0.4) is 0 Å². The Labute approximate surface area is 119 Å². The number of halogens is 3. The second-order valence-corrected chi connectivity index (χ2v) is 4.70. The molecule has 114 valence electrons. The summed E-state index contributed by atoms with van der Waals surface area (Å²) in [4.78, 5) is 23.5. The summed E-state index contributed by atoms with van der Waals surface area (Å²) in [5, 5.41) is 2.49. The number of rotatable bonds is 3. The van der Waals surface area contributed by atoms with Gasteiger partial charge in [0.1, 0.15) is 5.92 Å². The molecule has 2 atom stereocenters. The fraction of sp³-hybridized carbons (Fsp3) is 0.429. The third-order valence-corrected chi connectivity index (χ3v) is 3.36. The lowest BCUT2D eigenvalue weighted by molar-refractivity contribution is -0.151. The van der Waals surface area contributed by atoms with Crippen LogP contribution in [0.4, 0.5) is 13.2 Å². The molecule has 4 nitrogen and oxygen atoms in total. The third-order valence-electron chi connectivity index (χ3n) is 3.36. The van der Waals surface area contributed by atoms with Crippen LogP contribution in [-0.2, 0) is 20.5 Å². The minimum atomic E-state index is -4.47. The maximum Gasteiger partial charge on any atom is 0.416 e. The van der Waals surface area contributed by atoms with Crippen molar-refractivity contribution in [2.75, 3.05) is 13.2 Å². The van der Waals surface area contributed by atoms with Crippen molar-refractivity contribution in [3.05, 3.63) is 35.4 Å². The maximum absolute atomic E-state index is 12.7. The molecule has 7 heteroatoms. The smallest absolute Gasteiger partial charge is 0.416 e. The Hall–Kier alpha value is -2.05. The van der Waals surface area contributed by atoms with E-state index in [1.54, 1.807) is 6.92 Å². The van der Waals surface area contributed by atoms with Crippen LogP contribution in [0.25, 0.3) is 0 Å². The lowest BCUT2D eigenvalue weighted by atomic mass is 9.87. The lowest BCUT2D eigenvalue weighted by Crippen LogP contribution is -2.29. The van der Waals surface area contributed by atoms with Crippen LogP contribution in [0.2, 0.25) is 0 Å². The van der Waals surface area contributed by atoms with E-state index in [4.69, 9.17) is 4.74 Å². The molecule has 0 aromatic heterocycles. The summed E-state index contributed by atoms with van der Waals surface area (Å²) in [6.07, 6.45) is -4.47. The average molecular weight is 301 g/mol. The highest BCUT2D eigenvalue weighted by atomic mass is 19.4. The molecule has 1 fully saturated rings. The van der Waals surface area contributed by atoms with Gasteiger partial charge in [-0.1, -0.05) is 18.2 Å². The summed E-state index contributed by atoms with van der Waals surface area (Å²) in [6.45, 7) is 1.82. The second-order valence-electron chi connectivity index (χ2n) is 4.70. The number of nitrogens with one attached hydrogen (secondary N) is 1. The average Bonchev–Trinajstić information content (AvgIpc) is 2.80. The summed E-state index contributed by atoms with van der Waals surface area (Å²) >= 11 is 0. The minimum Gasteiger partial charge on any atom is -0.465 e. The van der Waals surface area contributed by atoms with Gasteiger partial charge in [-0.05, 0) is 18.6 Å². The van der Waals surface area contributed by atoms with Gasteiger partial charge in [0.2, 0.25) is 5.91 Å². The lowest BCUT2D eigenvalue weighted by Gasteiger charge is -2.17. The zero-order valence-corrected chi connectivity index (χ0v) is 11.2. The van der Waals surface area contributed by atoms with Crippen molar-refractivity contribution in [3.8, 4) is 0 Å². The molecule has 1 saturated heterocycles. The highest BCUT2D eigenvalue weighted by Crippen LogP contribution is 2.34. The Balaban J connectivity index is 2.32. The molecule has 1 aromatic carbocycles. The molecule has 2 unspecified atom stereocenters. The van der Waals surface area contributed by atoms with Gasteiger partial charge in [0, 0.05) is 12.5 Å². The highest BCUT2D eigenvalue weighted by molar-refractivity contribution is 6.00. The quantitative estimate of drug-likeness (QED) is 0.687. The fourth-order valence-electron chi connectivity index (χ4n) is 2.38. The molecule has 1 heterocycles. The first kappa shape index (κ1) is 15.3. The molecule has 0 spiro atoms. The van der Waals surface area contributed by atoms with E-state index in [-0.39, 0.29) is 13.2 Å². The van der Waals surface area contributed by atoms with Gasteiger partial charge in [-0.3, -0.25) is 9.59 Å². The molecule has 1 aliphatic rings. The molecule has 1 aromatic rings. The molecule has 1 N–H and O–H groups in total. The number of alkyl halides is 3. The molecule has 1 aliphatic heterocycles. The van der Waals surface area contributed by atoms with Gasteiger partial charge in [-0.2, -0.15) is 13.2 Å². The summed E-state index contributed by atoms with van der Waals surface area (Å²) in [5.74, 6) is -2.99. The summed E-state index contributed by atoms with van der Waals surface area (Å²) < 4.78 is 43.0. The Morgan fingerprint density at radius 3 is 2.76 bits per heavy atom. The van der Waals surface area contributed by atoms with Crippen molar-refractivity contribution in [3.63, 3.8) is 0 Å². The number of carbonyl (C=O) groups is 2. The van der Waals surface area contributed by atoms with Crippen LogP contribution in [0, 0.1) is 5.92 Å². The number of ether oxygens (including phenoxy) is 1. The van der Waals surface area contributed by atoms with E-state index in [2.05, 4.69) is 5.32 Å².